The number of nitrogens with zero attached hydrogens (tertiary/aromatic N) is 2. The molecule has 2 unspecified atom stereocenters. The first-order chi connectivity index (χ1) is 15.2. The van der Waals surface area contributed by atoms with Gasteiger partial charge in [0.25, 0.3) is 0 Å². The summed E-state index contributed by atoms with van der Waals surface area (Å²) in [6.45, 7) is 8.53. The highest BCUT2D eigenvalue weighted by atomic mass is 32.1. The molecule has 3 nitrogen and oxygen atoms in total. The number of hydrogen-bond donors (Lipinski definition) is 0. The Morgan fingerprint density at radius 3 is 2.61 bits per heavy atom. The molecule has 161 valence electrons. The zero-order valence-corrected chi connectivity index (χ0v) is 18.7. The molecule has 3 heterocycles. The third-order valence-corrected chi connectivity index (χ3v) is 8.61. The van der Waals surface area contributed by atoms with Crippen LogP contribution in [0.1, 0.15) is 16.0 Å². The zero-order valence-electron chi connectivity index (χ0n) is 17.9. The standard InChI is InChI=1S/C26H28FN2OS/c1-17-19-4-2-3-5-25(19)31-26(17)16-28-14-21-20(22(21)15-28)12-18-6-7-24(23(27)13-18)29-8-10-30-11-9-29/h2-7,12-13,20-22H,8-11,14-16H2,1H3. The van der Waals surface area contributed by atoms with Gasteiger partial charge in [0.15, 0.2) is 0 Å². The minimum atomic E-state index is -0.108. The van der Waals surface area contributed by atoms with E-state index in [0.717, 1.165) is 50.1 Å². The molecule has 0 spiro atoms. The van der Waals surface area contributed by atoms with Crippen LogP contribution >= 0.6 is 11.3 Å². The van der Waals surface area contributed by atoms with E-state index in [4.69, 9.17) is 4.74 Å². The number of anilines is 1. The van der Waals surface area contributed by atoms with Crippen LogP contribution in [0.2, 0.25) is 0 Å². The minimum Gasteiger partial charge on any atom is -0.378 e. The first-order valence-corrected chi connectivity index (χ1v) is 12.2. The van der Waals surface area contributed by atoms with Gasteiger partial charge in [0, 0.05) is 42.3 Å². The van der Waals surface area contributed by atoms with Crippen LogP contribution in [0.4, 0.5) is 10.1 Å². The molecule has 1 aromatic heterocycles. The molecule has 6 rings (SSSR count). The molecule has 2 aliphatic heterocycles. The molecule has 0 N–H and O–H groups in total. The Bertz CT molecular complexity index is 1090. The molecule has 2 aromatic carbocycles. The summed E-state index contributed by atoms with van der Waals surface area (Å²) in [6, 6.07) is 14.5. The lowest BCUT2D eigenvalue weighted by Gasteiger charge is -2.29. The van der Waals surface area contributed by atoms with Crippen molar-refractivity contribution in [1.29, 1.82) is 0 Å². The molecular weight excluding hydrogens is 407 g/mol. The number of ether oxygens (including phenoxy) is 1. The predicted octanol–water partition coefficient (Wildman–Crippen LogP) is 5.12. The van der Waals surface area contributed by atoms with E-state index in [2.05, 4.69) is 53.5 Å². The van der Waals surface area contributed by atoms with Gasteiger partial charge in [-0.15, -0.1) is 11.3 Å². The van der Waals surface area contributed by atoms with Gasteiger partial charge in [-0.2, -0.15) is 0 Å². The van der Waals surface area contributed by atoms with Crippen molar-refractivity contribution in [1.82, 2.24) is 4.90 Å². The smallest absolute Gasteiger partial charge is 0.146 e. The van der Waals surface area contributed by atoms with E-state index in [1.807, 2.05) is 17.4 Å². The second kappa shape index (κ2) is 7.88. The molecule has 3 aliphatic rings. The molecule has 31 heavy (non-hydrogen) atoms. The van der Waals surface area contributed by atoms with Crippen molar-refractivity contribution in [2.75, 3.05) is 44.3 Å². The number of benzene rings is 2. The highest BCUT2D eigenvalue weighted by Gasteiger charge is 2.55. The van der Waals surface area contributed by atoms with Crippen molar-refractivity contribution < 1.29 is 9.13 Å². The van der Waals surface area contributed by atoms with E-state index in [-0.39, 0.29) is 5.82 Å². The van der Waals surface area contributed by atoms with Gasteiger partial charge in [-0.1, -0.05) is 24.3 Å². The largest absolute Gasteiger partial charge is 0.378 e. The van der Waals surface area contributed by atoms with Crippen LogP contribution in [-0.4, -0.2) is 44.3 Å². The minimum absolute atomic E-state index is 0.108. The predicted molar refractivity (Wildman–Crippen MR) is 125 cm³/mol. The molecular formula is C26H28FN2OS. The first-order valence-electron chi connectivity index (χ1n) is 11.3. The molecule has 3 fully saturated rings. The molecule has 1 saturated carbocycles. The van der Waals surface area contributed by atoms with Crippen molar-refractivity contribution in [3.05, 3.63) is 70.7 Å². The fraction of sp³-hybridized carbons (Fsp3) is 0.423. The summed E-state index contributed by atoms with van der Waals surface area (Å²) >= 11 is 1.94. The molecule has 0 amide bonds. The normalized spacial score (nSPS) is 25.9. The van der Waals surface area contributed by atoms with E-state index in [9.17, 15) is 4.39 Å². The van der Waals surface area contributed by atoms with Crippen molar-refractivity contribution in [3.63, 3.8) is 0 Å². The van der Waals surface area contributed by atoms with Gasteiger partial charge in [0.2, 0.25) is 0 Å². The topological polar surface area (TPSA) is 15.7 Å². The van der Waals surface area contributed by atoms with Crippen molar-refractivity contribution in [3.8, 4) is 0 Å². The number of hydrogen-bond acceptors (Lipinski definition) is 4. The Morgan fingerprint density at radius 1 is 1.10 bits per heavy atom. The van der Waals surface area contributed by atoms with E-state index in [1.165, 1.54) is 20.5 Å². The van der Waals surface area contributed by atoms with Gasteiger partial charge < -0.3 is 9.64 Å². The average Bonchev–Trinajstić information content (AvgIpc) is 3.10. The van der Waals surface area contributed by atoms with Gasteiger partial charge in [-0.05, 0) is 65.8 Å². The molecule has 2 saturated heterocycles. The zero-order chi connectivity index (χ0) is 20.9. The highest BCUT2D eigenvalue weighted by Crippen LogP contribution is 2.54. The fourth-order valence-corrected chi connectivity index (χ4v) is 6.78. The molecule has 1 radical (unpaired) electrons. The lowest BCUT2D eigenvalue weighted by molar-refractivity contribution is 0.122. The molecule has 5 heteroatoms. The van der Waals surface area contributed by atoms with Gasteiger partial charge in [-0.25, -0.2) is 4.39 Å². The second-order valence-corrected chi connectivity index (χ2v) is 10.4. The summed E-state index contributed by atoms with van der Waals surface area (Å²) < 4.78 is 21.5. The number of morpholine rings is 1. The molecule has 0 bridgehead atoms. The highest BCUT2D eigenvalue weighted by molar-refractivity contribution is 7.19. The van der Waals surface area contributed by atoms with Crippen molar-refractivity contribution in [2.24, 2.45) is 17.8 Å². The lowest BCUT2D eigenvalue weighted by Crippen LogP contribution is -2.36. The van der Waals surface area contributed by atoms with Gasteiger partial charge in [0.05, 0.1) is 18.9 Å². The maximum absolute atomic E-state index is 14.7. The quantitative estimate of drug-likeness (QED) is 0.554. The summed E-state index contributed by atoms with van der Waals surface area (Å²) in [5, 5.41) is 1.40. The van der Waals surface area contributed by atoms with E-state index < -0.39 is 0 Å². The van der Waals surface area contributed by atoms with Gasteiger partial charge >= 0.3 is 0 Å². The Morgan fingerprint density at radius 2 is 1.87 bits per heavy atom. The first kappa shape index (κ1) is 19.7. The Balaban J connectivity index is 1.06. The Labute approximate surface area is 187 Å². The van der Waals surface area contributed by atoms with Crippen LogP contribution in [0.3, 0.4) is 0 Å². The number of rotatable bonds is 5. The summed E-state index contributed by atoms with van der Waals surface area (Å²) in [5.41, 5.74) is 3.18. The monoisotopic (exact) mass is 435 g/mol. The van der Waals surface area contributed by atoms with E-state index in [1.54, 1.807) is 6.07 Å². The molecule has 1 aliphatic carbocycles. The summed E-state index contributed by atoms with van der Waals surface area (Å²) in [5.74, 6) is 1.96. The second-order valence-electron chi connectivity index (χ2n) is 9.22. The van der Waals surface area contributed by atoms with E-state index in [0.29, 0.717) is 24.8 Å². The van der Waals surface area contributed by atoms with Crippen molar-refractivity contribution in [2.45, 2.75) is 13.5 Å². The number of likely N-dealkylation sites (tertiary alicyclic amines) is 1. The third kappa shape index (κ3) is 3.67. The van der Waals surface area contributed by atoms with Crippen LogP contribution < -0.4 is 4.90 Å². The van der Waals surface area contributed by atoms with Crippen LogP contribution in [0.15, 0.2) is 42.5 Å². The van der Waals surface area contributed by atoms with Crippen LogP contribution in [0, 0.1) is 36.9 Å². The van der Waals surface area contributed by atoms with Gasteiger partial charge in [-0.3, -0.25) is 4.90 Å². The molecule has 3 aromatic rings. The van der Waals surface area contributed by atoms with Crippen molar-refractivity contribution >= 4 is 27.1 Å². The number of fused-ring (bicyclic) bond motifs is 2. The number of piperidine rings is 1. The maximum Gasteiger partial charge on any atom is 0.146 e. The third-order valence-electron chi connectivity index (χ3n) is 7.35. The number of thiophene rings is 1. The molecule has 2 atom stereocenters. The fourth-order valence-electron chi connectivity index (χ4n) is 5.52. The van der Waals surface area contributed by atoms with Crippen LogP contribution in [-0.2, 0) is 11.3 Å². The Hall–Kier alpha value is -1.95. The average molecular weight is 436 g/mol. The summed E-state index contributed by atoms with van der Waals surface area (Å²) in [7, 11) is 0. The Kier molecular flexibility index (Phi) is 5.01. The lowest BCUT2D eigenvalue weighted by atomic mass is 10.0. The number of halogens is 1. The van der Waals surface area contributed by atoms with E-state index >= 15 is 0 Å². The summed E-state index contributed by atoms with van der Waals surface area (Å²) in [4.78, 5) is 6.20. The van der Waals surface area contributed by atoms with Crippen LogP contribution in [0.25, 0.3) is 10.1 Å². The SMILES string of the molecule is Cc1c(CN2CC3C([CH]c4ccc(N5CCOCC5)c(F)c4)C3C2)sc2ccccc12. The van der Waals surface area contributed by atoms with Crippen LogP contribution in [0.5, 0.6) is 0 Å². The van der Waals surface area contributed by atoms with Gasteiger partial charge in [0.1, 0.15) is 5.82 Å². The number of aryl methyl sites for hydroxylation is 1. The maximum atomic E-state index is 14.7. The summed E-state index contributed by atoms with van der Waals surface area (Å²) in [6.07, 6.45) is 2.31.